The van der Waals surface area contributed by atoms with Crippen molar-refractivity contribution >= 4 is 29.2 Å². The quantitative estimate of drug-likeness (QED) is 0.476. The van der Waals surface area contributed by atoms with Crippen LogP contribution in [0.4, 0.5) is 11.4 Å². The normalized spacial score (nSPS) is 10.7. The fourth-order valence-electron chi connectivity index (χ4n) is 1.38. The molecular weight excluding hydrogens is 252 g/mol. The van der Waals surface area contributed by atoms with E-state index in [-0.39, 0.29) is 5.69 Å². The fourth-order valence-corrected chi connectivity index (χ4v) is 1.51. The van der Waals surface area contributed by atoms with Gasteiger partial charge in [0.1, 0.15) is 0 Å². The van der Waals surface area contributed by atoms with E-state index < -0.39 is 4.92 Å². The van der Waals surface area contributed by atoms with Crippen molar-refractivity contribution in [1.82, 2.24) is 0 Å². The minimum absolute atomic E-state index is 0.0285. The highest BCUT2D eigenvalue weighted by atomic mass is 35.5. The molecule has 0 saturated heterocycles. The molecule has 0 spiro atoms. The van der Waals surface area contributed by atoms with Gasteiger partial charge in [0.15, 0.2) is 0 Å². The van der Waals surface area contributed by atoms with E-state index in [2.05, 4.69) is 4.99 Å². The predicted molar refractivity (Wildman–Crippen MR) is 71.8 cm³/mol. The number of hydrogen-bond acceptors (Lipinski definition) is 3. The summed E-state index contributed by atoms with van der Waals surface area (Å²) in [5.74, 6) is 0. The number of rotatable bonds is 3. The van der Waals surface area contributed by atoms with Crippen molar-refractivity contribution in [3.63, 3.8) is 0 Å². The SMILES string of the molecule is O=[N+]([O-])c1cccc(N=Cc2ccc(Cl)cc2)c1. The third-order valence-corrected chi connectivity index (χ3v) is 2.53. The van der Waals surface area contributed by atoms with Gasteiger partial charge < -0.3 is 0 Å². The first-order valence-corrected chi connectivity index (χ1v) is 5.57. The van der Waals surface area contributed by atoms with Gasteiger partial charge in [-0.05, 0) is 23.8 Å². The van der Waals surface area contributed by atoms with Crippen LogP contribution in [0.15, 0.2) is 53.5 Å². The van der Waals surface area contributed by atoms with E-state index in [1.54, 1.807) is 30.5 Å². The number of nitro benzene ring substituents is 1. The molecule has 0 N–H and O–H groups in total. The molecule has 2 aromatic rings. The molecule has 0 saturated carbocycles. The van der Waals surface area contributed by atoms with Crippen LogP contribution in [0, 0.1) is 10.1 Å². The van der Waals surface area contributed by atoms with Gasteiger partial charge in [-0.2, -0.15) is 0 Å². The molecule has 0 fully saturated rings. The summed E-state index contributed by atoms with van der Waals surface area (Å²) in [5, 5.41) is 11.3. The summed E-state index contributed by atoms with van der Waals surface area (Å²) in [6, 6.07) is 13.3. The van der Waals surface area contributed by atoms with Crippen LogP contribution in [0.2, 0.25) is 5.02 Å². The third-order valence-electron chi connectivity index (χ3n) is 2.27. The molecule has 0 aromatic heterocycles. The van der Waals surface area contributed by atoms with Crippen LogP contribution < -0.4 is 0 Å². The van der Waals surface area contributed by atoms with Crippen LogP contribution in [-0.4, -0.2) is 11.1 Å². The number of nitro groups is 1. The number of benzene rings is 2. The van der Waals surface area contributed by atoms with Gasteiger partial charge in [-0.15, -0.1) is 0 Å². The molecule has 0 aliphatic carbocycles. The average molecular weight is 261 g/mol. The highest BCUT2D eigenvalue weighted by molar-refractivity contribution is 6.30. The molecule has 0 heterocycles. The van der Waals surface area contributed by atoms with Crippen molar-refractivity contribution in [2.45, 2.75) is 0 Å². The zero-order valence-corrected chi connectivity index (χ0v) is 10.0. The summed E-state index contributed by atoms with van der Waals surface area (Å²) >= 11 is 5.76. The first kappa shape index (κ1) is 12.3. The fraction of sp³-hybridized carbons (Fsp3) is 0. The number of non-ortho nitro benzene ring substituents is 1. The van der Waals surface area contributed by atoms with Gasteiger partial charge in [0, 0.05) is 23.4 Å². The van der Waals surface area contributed by atoms with Crippen molar-refractivity contribution in [2.75, 3.05) is 0 Å². The number of aliphatic imine (C=N–C) groups is 1. The summed E-state index contributed by atoms with van der Waals surface area (Å²) in [6.45, 7) is 0. The minimum atomic E-state index is -0.443. The zero-order valence-electron chi connectivity index (χ0n) is 9.29. The van der Waals surface area contributed by atoms with E-state index in [0.29, 0.717) is 10.7 Å². The highest BCUT2D eigenvalue weighted by Crippen LogP contribution is 2.19. The Bertz CT molecular complexity index is 594. The standard InChI is InChI=1S/C13H9ClN2O2/c14-11-6-4-10(5-7-11)9-15-12-2-1-3-13(8-12)16(17)18/h1-9H. The van der Waals surface area contributed by atoms with Crippen molar-refractivity contribution < 1.29 is 4.92 Å². The number of hydrogen-bond donors (Lipinski definition) is 0. The molecule has 2 aromatic carbocycles. The average Bonchev–Trinajstić information content (AvgIpc) is 2.38. The van der Waals surface area contributed by atoms with Crippen LogP contribution in [0.25, 0.3) is 0 Å². The van der Waals surface area contributed by atoms with Crippen molar-refractivity contribution in [3.05, 3.63) is 69.2 Å². The summed E-state index contributed by atoms with van der Waals surface area (Å²) in [7, 11) is 0. The van der Waals surface area contributed by atoms with E-state index in [1.165, 1.54) is 12.1 Å². The third kappa shape index (κ3) is 3.15. The van der Waals surface area contributed by atoms with Crippen molar-refractivity contribution in [2.24, 2.45) is 4.99 Å². The maximum atomic E-state index is 10.6. The summed E-state index contributed by atoms with van der Waals surface area (Å²) in [4.78, 5) is 14.3. The topological polar surface area (TPSA) is 55.5 Å². The van der Waals surface area contributed by atoms with Gasteiger partial charge in [-0.25, -0.2) is 0 Å². The Morgan fingerprint density at radius 3 is 2.56 bits per heavy atom. The Morgan fingerprint density at radius 1 is 1.17 bits per heavy atom. The monoisotopic (exact) mass is 260 g/mol. The molecule has 0 unspecified atom stereocenters. The molecule has 0 radical (unpaired) electrons. The summed E-state index contributed by atoms with van der Waals surface area (Å²) in [6.07, 6.45) is 1.63. The van der Waals surface area contributed by atoms with Gasteiger partial charge in [0.2, 0.25) is 0 Å². The minimum Gasteiger partial charge on any atom is -0.258 e. The first-order valence-electron chi connectivity index (χ1n) is 5.19. The van der Waals surface area contributed by atoms with E-state index in [0.717, 1.165) is 5.56 Å². The van der Waals surface area contributed by atoms with E-state index >= 15 is 0 Å². The van der Waals surface area contributed by atoms with Crippen molar-refractivity contribution in [3.8, 4) is 0 Å². The molecular formula is C13H9ClN2O2. The highest BCUT2D eigenvalue weighted by Gasteiger charge is 2.04. The smallest absolute Gasteiger partial charge is 0.258 e. The van der Waals surface area contributed by atoms with E-state index in [1.807, 2.05) is 12.1 Å². The lowest BCUT2D eigenvalue weighted by molar-refractivity contribution is -0.384. The lowest BCUT2D eigenvalue weighted by atomic mass is 10.2. The Balaban J connectivity index is 2.20. The van der Waals surface area contributed by atoms with E-state index in [4.69, 9.17) is 11.6 Å². The van der Waals surface area contributed by atoms with Crippen LogP contribution >= 0.6 is 11.6 Å². The first-order chi connectivity index (χ1) is 8.65. The molecule has 5 heteroatoms. The van der Waals surface area contributed by atoms with Gasteiger partial charge >= 0.3 is 0 Å². The molecule has 2 rings (SSSR count). The molecule has 0 atom stereocenters. The molecule has 0 amide bonds. The van der Waals surface area contributed by atoms with Crippen LogP contribution in [0.1, 0.15) is 5.56 Å². The number of nitrogens with zero attached hydrogens (tertiary/aromatic N) is 2. The van der Waals surface area contributed by atoms with Gasteiger partial charge in [-0.1, -0.05) is 29.8 Å². The van der Waals surface area contributed by atoms with Gasteiger partial charge in [0.25, 0.3) is 5.69 Å². The van der Waals surface area contributed by atoms with Crippen molar-refractivity contribution in [1.29, 1.82) is 0 Å². The molecule has 90 valence electrons. The van der Waals surface area contributed by atoms with Gasteiger partial charge in [-0.3, -0.25) is 15.1 Å². The Kier molecular flexibility index (Phi) is 3.69. The Labute approximate surface area is 109 Å². The second-order valence-electron chi connectivity index (χ2n) is 3.59. The maximum absolute atomic E-state index is 10.6. The molecule has 0 aliphatic heterocycles. The summed E-state index contributed by atoms with van der Waals surface area (Å²) in [5.41, 5.74) is 1.45. The van der Waals surface area contributed by atoms with E-state index in [9.17, 15) is 10.1 Å². The van der Waals surface area contributed by atoms with Gasteiger partial charge in [0.05, 0.1) is 10.6 Å². The second kappa shape index (κ2) is 5.42. The van der Waals surface area contributed by atoms with Crippen LogP contribution in [0.5, 0.6) is 0 Å². The molecule has 18 heavy (non-hydrogen) atoms. The van der Waals surface area contributed by atoms with Crippen LogP contribution in [-0.2, 0) is 0 Å². The molecule has 0 bridgehead atoms. The van der Waals surface area contributed by atoms with Crippen LogP contribution in [0.3, 0.4) is 0 Å². The molecule has 4 nitrogen and oxygen atoms in total. The number of halogens is 1. The lowest BCUT2D eigenvalue weighted by Crippen LogP contribution is -1.86. The maximum Gasteiger partial charge on any atom is 0.271 e. The molecule has 0 aliphatic rings. The Hall–Kier alpha value is -2.20. The zero-order chi connectivity index (χ0) is 13.0. The Morgan fingerprint density at radius 2 is 1.89 bits per heavy atom. The predicted octanol–water partition coefficient (Wildman–Crippen LogP) is 4.00. The largest absolute Gasteiger partial charge is 0.271 e. The summed E-state index contributed by atoms with van der Waals surface area (Å²) < 4.78 is 0. The second-order valence-corrected chi connectivity index (χ2v) is 4.02. The lowest BCUT2D eigenvalue weighted by Gasteiger charge is -1.95.